The fraction of sp³-hybridized carbons (Fsp3) is 0.348. The first-order valence-corrected chi connectivity index (χ1v) is 11.1. The number of nitrogens with one attached hydrogen (secondary N) is 1. The van der Waals surface area contributed by atoms with Gasteiger partial charge in [-0.3, -0.25) is 0 Å². The summed E-state index contributed by atoms with van der Waals surface area (Å²) in [5, 5.41) is 13.9. The molecular formula is C23H23N5OS. The first-order chi connectivity index (χ1) is 14.7. The van der Waals surface area contributed by atoms with E-state index in [1.807, 2.05) is 12.4 Å². The standard InChI is InChI=1S/C23H23N5OS/c1-29-21-11-20-19(10-16(21)12-24)25-14-28(20)13-15-7-8-18-22(9-15)30-23(27-18)26-17-5-3-2-4-6-17/h7-11,14,17H,2-6,13H2,1H3,(H,26,27). The zero-order chi connectivity index (χ0) is 20.5. The molecule has 152 valence electrons. The Morgan fingerprint density at radius 1 is 1.20 bits per heavy atom. The van der Waals surface area contributed by atoms with Gasteiger partial charge < -0.3 is 14.6 Å². The van der Waals surface area contributed by atoms with Crippen molar-refractivity contribution in [3.05, 3.63) is 47.8 Å². The number of methoxy groups -OCH3 is 1. The Kier molecular flexibility index (Phi) is 5.01. The van der Waals surface area contributed by atoms with E-state index in [9.17, 15) is 5.26 Å². The Morgan fingerprint density at radius 3 is 2.87 bits per heavy atom. The summed E-state index contributed by atoms with van der Waals surface area (Å²) in [6, 6.07) is 12.8. The Labute approximate surface area is 179 Å². The molecule has 5 rings (SSSR count). The fourth-order valence-corrected chi connectivity index (χ4v) is 5.22. The lowest BCUT2D eigenvalue weighted by atomic mass is 9.96. The number of hydrogen-bond acceptors (Lipinski definition) is 6. The number of ether oxygens (including phenoxy) is 1. The van der Waals surface area contributed by atoms with Crippen LogP contribution in [0.4, 0.5) is 5.13 Å². The summed E-state index contributed by atoms with van der Waals surface area (Å²) in [5.41, 5.74) is 4.48. The van der Waals surface area contributed by atoms with Crippen LogP contribution in [0, 0.1) is 11.3 Å². The molecule has 0 saturated heterocycles. The number of benzene rings is 2. The molecule has 0 unspecified atom stereocenters. The van der Waals surface area contributed by atoms with Crippen molar-refractivity contribution in [3.63, 3.8) is 0 Å². The molecule has 1 fully saturated rings. The largest absolute Gasteiger partial charge is 0.495 e. The summed E-state index contributed by atoms with van der Waals surface area (Å²) in [4.78, 5) is 9.24. The minimum absolute atomic E-state index is 0.499. The molecule has 1 N–H and O–H groups in total. The maximum absolute atomic E-state index is 9.28. The molecular weight excluding hydrogens is 394 g/mol. The van der Waals surface area contributed by atoms with Gasteiger partial charge in [0.1, 0.15) is 11.8 Å². The second-order valence-electron chi connectivity index (χ2n) is 7.83. The second-order valence-corrected chi connectivity index (χ2v) is 8.86. The van der Waals surface area contributed by atoms with Gasteiger partial charge in [-0.1, -0.05) is 36.7 Å². The monoisotopic (exact) mass is 417 g/mol. The number of anilines is 1. The van der Waals surface area contributed by atoms with Gasteiger partial charge in [0.25, 0.3) is 0 Å². The Morgan fingerprint density at radius 2 is 2.07 bits per heavy atom. The van der Waals surface area contributed by atoms with E-state index in [-0.39, 0.29) is 0 Å². The molecule has 4 aromatic rings. The van der Waals surface area contributed by atoms with Crippen LogP contribution in [-0.4, -0.2) is 27.7 Å². The second kappa shape index (κ2) is 7.96. The summed E-state index contributed by atoms with van der Waals surface area (Å²) in [5.74, 6) is 0.572. The first kappa shape index (κ1) is 18.9. The summed E-state index contributed by atoms with van der Waals surface area (Å²) >= 11 is 1.73. The number of rotatable bonds is 5. The molecule has 2 aromatic heterocycles. The molecule has 30 heavy (non-hydrogen) atoms. The van der Waals surface area contributed by atoms with Crippen molar-refractivity contribution in [3.8, 4) is 11.8 Å². The maximum atomic E-state index is 9.28. The van der Waals surface area contributed by atoms with Gasteiger partial charge in [0, 0.05) is 18.7 Å². The van der Waals surface area contributed by atoms with Crippen molar-refractivity contribution >= 4 is 37.7 Å². The summed E-state index contributed by atoms with van der Waals surface area (Å²) in [7, 11) is 1.58. The van der Waals surface area contributed by atoms with Crippen LogP contribution >= 0.6 is 11.3 Å². The Balaban J connectivity index is 1.40. The van der Waals surface area contributed by atoms with Crippen molar-refractivity contribution < 1.29 is 4.74 Å². The van der Waals surface area contributed by atoms with Gasteiger partial charge >= 0.3 is 0 Å². The summed E-state index contributed by atoms with van der Waals surface area (Å²) in [6.45, 7) is 0.699. The smallest absolute Gasteiger partial charge is 0.184 e. The molecule has 0 atom stereocenters. The van der Waals surface area contributed by atoms with Crippen LogP contribution in [0.5, 0.6) is 5.75 Å². The molecule has 0 radical (unpaired) electrons. The summed E-state index contributed by atoms with van der Waals surface area (Å²) in [6.07, 6.45) is 8.28. The van der Waals surface area contributed by atoms with Crippen molar-refractivity contribution in [2.75, 3.05) is 12.4 Å². The van der Waals surface area contributed by atoms with E-state index in [1.54, 1.807) is 24.5 Å². The van der Waals surface area contributed by atoms with E-state index in [4.69, 9.17) is 9.72 Å². The highest BCUT2D eigenvalue weighted by Crippen LogP contribution is 2.30. The van der Waals surface area contributed by atoms with Gasteiger partial charge in [-0.05, 0) is 36.6 Å². The number of hydrogen-bond donors (Lipinski definition) is 1. The highest BCUT2D eigenvalue weighted by atomic mass is 32.1. The fourth-order valence-electron chi connectivity index (χ4n) is 4.21. The molecule has 2 heterocycles. The third-order valence-electron chi connectivity index (χ3n) is 5.80. The SMILES string of the molecule is COc1cc2c(cc1C#N)ncn2Cc1ccc2nc(NC3CCCCC3)sc2c1. The molecule has 1 aliphatic carbocycles. The van der Waals surface area contributed by atoms with Crippen LogP contribution in [-0.2, 0) is 6.54 Å². The molecule has 0 amide bonds. The minimum Gasteiger partial charge on any atom is -0.495 e. The van der Waals surface area contributed by atoms with Crippen molar-refractivity contribution in [2.24, 2.45) is 0 Å². The van der Waals surface area contributed by atoms with E-state index < -0.39 is 0 Å². The third-order valence-corrected chi connectivity index (χ3v) is 6.75. The van der Waals surface area contributed by atoms with Gasteiger partial charge in [-0.25, -0.2) is 9.97 Å². The zero-order valence-electron chi connectivity index (χ0n) is 16.9. The molecule has 6 nitrogen and oxygen atoms in total. The Bertz CT molecular complexity index is 1250. The number of imidazole rings is 1. The van der Waals surface area contributed by atoms with Gasteiger partial charge in [0.15, 0.2) is 5.13 Å². The maximum Gasteiger partial charge on any atom is 0.184 e. The quantitative estimate of drug-likeness (QED) is 0.476. The molecule has 0 aliphatic heterocycles. The van der Waals surface area contributed by atoms with Gasteiger partial charge in [-0.15, -0.1) is 0 Å². The molecule has 1 aliphatic rings. The molecule has 0 bridgehead atoms. The van der Waals surface area contributed by atoms with Gasteiger partial charge in [0.2, 0.25) is 0 Å². The minimum atomic E-state index is 0.499. The molecule has 1 saturated carbocycles. The van der Waals surface area contributed by atoms with Crippen molar-refractivity contribution in [1.29, 1.82) is 5.26 Å². The van der Waals surface area contributed by atoms with Crippen LogP contribution in [0.1, 0.15) is 43.2 Å². The highest BCUT2D eigenvalue weighted by Gasteiger charge is 2.15. The first-order valence-electron chi connectivity index (χ1n) is 10.3. The van der Waals surface area contributed by atoms with Gasteiger partial charge in [0.05, 0.1) is 40.3 Å². The van der Waals surface area contributed by atoms with Crippen LogP contribution in [0.15, 0.2) is 36.7 Å². The van der Waals surface area contributed by atoms with E-state index in [2.05, 4.69) is 39.1 Å². The molecule has 0 spiro atoms. The van der Waals surface area contributed by atoms with Crippen LogP contribution in [0.2, 0.25) is 0 Å². The highest BCUT2D eigenvalue weighted by molar-refractivity contribution is 7.22. The zero-order valence-corrected chi connectivity index (χ0v) is 17.7. The predicted octanol–water partition coefficient (Wildman–Crippen LogP) is 5.32. The molecule has 2 aromatic carbocycles. The lowest BCUT2D eigenvalue weighted by Crippen LogP contribution is -2.21. The van der Waals surface area contributed by atoms with Crippen LogP contribution < -0.4 is 10.1 Å². The van der Waals surface area contributed by atoms with E-state index >= 15 is 0 Å². The van der Waals surface area contributed by atoms with Crippen molar-refractivity contribution in [1.82, 2.24) is 14.5 Å². The van der Waals surface area contributed by atoms with Crippen LogP contribution in [0.25, 0.3) is 21.3 Å². The number of nitriles is 1. The average molecular weight is 418 g/mol. The lowest BCUT2D eigenvalue weighted by molar-refractivity contribution is 0.414. The summed E-state index contributed by atoms with van der Waals surface area (Å²) < 4.78 is 8.64. The van der Waals surface area contributed by atoms with E-state index in [1.165, 1.54) is 42.4 Å². The third kappa shape index (κ3) is 3.59. The number of thiazole rings is 1. The number of nitrogens with zero attached hydrogens (tertiary/aromatic N) is 4. The predicted molar refractivity (Wildman–Crippen MR) is 120 cm³/mol. The Hall–Kier alpha value is -3.11. The average Bonchev–Trinajstić information content (AvgIpc) is 3.36. The van der Waals surface area contributed by atoms with E-state index in [0.717, 1.165) is 21.7 Å². The normalized spacial score (nSPS) is 14.8. The number of aromatic nitrogens is 3. The van der Waals surface area contributed by atoms with Crippen molar-refractivity contribution in [2.45, 2.75) is 44.7 Å². The lowest BCUT2D eigenvalue weighted by Gasteiger charge is -2.22. The van der Waals surface area contributed by atoms with Crippen LogP contribution in [0.3, 0.4) is 0 Å². The van der Waals surface area contributed by atoms with Gasteiger partial charge in [-0.2, -0.15) is 5.26 Å². The topological polar surface area (TPSA) is 75.8 Å². The molecule has 7 heteroatoms. The van der Waals surface area contributed by atoms with E-state index in [0.29, 0.717) is 23.9 Å². The number of fused-ring (bicyclic) bond motifs is 2.